The third-order valence-corrected chi connectivity index (χ3v) is 5.92. The van der Waals surface area contributed by atoms with E-state index in [1.807, 2.05) is 54.5 Å². The third kappa shape index (κ3) is 4.87. The Hall–Kier alpha value is -3.09. The predicted octanol–water partition coefficient (Wildman–Crippen LogP) is 4.63. The molecule has 2 aromatic heterocycles. The van der Waals surface area contributed by atoms with Gasteiger partial charge in [0, 0.05) is 37.3 Å². The van der Waals surface area contributed by atoms with Crippen molar-refractivity contribution in [2.45, 2.75) is 53.0 Å². The second-order valence-corrected chi connectivity index (χ2v) is 9.54. The lowest BCUT2D eigenvalue weighted by Crippen LogP contribution is -2.39. The molecule has 0 radical (unpaired) electrons. The molecule has 170 valence electrons. The van der Waals surface area contributed by atoms with Crippen molar-refractivity contribution in [1.82, 2.24) is 19.5 Å². The summed E-state index contributed by atoms with van der Waals surface area (Å²) in [6, 6.07) is 10.1. The van der Waals surface area contributed by atoms with Crippen molar-refractivity contribution < 1.29 is 9.53 Å². The highest BCUT2D eigenvalue weighted by Gasteiger charge is 2.31. The summed E-state index contributed by atoms with van der Waals surface area (Å²) in [4.78, 5) is 19.3. The zero-order chi connectivity index (χ0) is 22.7. The molecule has 0 spiro atoms. The highest BCUT2D eigenvalue weighted by molar-refractivity contribution is 5.81. The average molecular weight is 436 g/mol. The molecule has 3 aromatic rings. The molecule has 32 heavy (non-hydrogen) atoms. The lowest BCUT2D eigenvalue weighted by Gasteiger charge is -2.28. The molecule has 1 fully saturated rings. The van der Waals surface area contributed by atoms with Crippen LogP contribution in [-0.2, 0) is 4.79 Å². The third-order valence-electron chi connectivity index (χ3n) is 5.92. The van der Waals surface area contributed by atoms with Crippen LogP contribution in [0.1, 0.15) is 47.0 Å². The first-order chi connectivity index (χ1) is 15.4. The van der Waals surface area contributed by atoms with Gasteiger partial charge >= 0.3 is 0 Å². The van der Waals surface area contributed by atoms with Crippen LogP contribution in [0.5, 0.6) is 5.75 Å². The Balaban J connectivity index is 1.51. The van der Waals surface area contributed by atoms with E-state index in [1.165, 1.54) is 0 Å². The zero-order valence-electron chi connectivity index (χ0n) is 19.5. The van der Waals surface area contributed by atoms with Gasteiger partial charge in [0.05, 0.1) is 18.4 Å². The minimum atomic E-state index is 0.200. The van der Waals surface area contributed by atoms with E-state index in [0.717, 1.165) is 47.7 Å². The second-order valence-electron chi connectivity index (χ2n) is 9.54. The summed E-state index contributed by atoms with van der Waals surface area (Å²) in [5.74, 6) is 1.86. The maximum Gasteiger partial charge on any atom is 0.222 e. The molecule has 1 aliphatic heterocycles. The molecule has 1 N–H and O–H groups in total. The topological polar surface area (TPSA) is 71.8 Å². The second kappa shape index (κ2) is 9.18. The van der Waals surface area contributed by atoms with Crippen LogP contribution in [0.4, 0.5) is 5.82 Å². The molecule has 7 nitrogen and oxygen atoms in total. The van der Waals surface area contributed by atoms with Gasteiger partial charge in [-0.25, -0.2) is 9.50 Å². The minimum absolute atomic E-state index is 0.200. The number of nitrogens with zero attached hydrogens (tertiary/aromatic N) is 4. The number of likely N-dealkylation sites (tertiary alicyclic amines) is 1. The molecule has 0 saturated carbocycles. The summed E-state index contributed by atoms with van der Waals surface area (Å²) in [5.41, 5.74) is 2.89. The molecule has 7 heteroatoms. The van der Waals surface area contributed by atoms with E-state index >= 15 is 0 Å². The monoisotopic (exact) mass is 435 g/mol. The summed E-state index contributed by atoms with van der Waals surface area (Å²) >= 11 is 0. The lowest BCUT2D eigenvalue weighted by atomic mass is 9.92. The fourth-order valence-electron chi connectivity index (χ4n) is 4.12. The number of carbonyl (C=O) groups excluding carboxylic acids is 1. The van der Waals surface area contributed by atoms with Gasteiger partial charge in [0.25, 0.3) is 0 Å². The van der Waals surface area contributed by atoms with Crippen molar-refractivity contribution >= 4 is 17.4 Å². The Morgan fingerprint density at radius 3 is 2.78 bits per heavy atom. The SMILES string of the molecule is CCOc1ccccc1-c1cnn2ccc(NCC3CCC(=O)N3CCC(C)(C)C)nc12. The number of aromatic nitrogens is 3. The first-order valence-electron chi connectivity index (χ1n) is 11.5. The first kappa shape index (κ1) is 22.1. The maximum absolute atomic E-state index is 12.4. The van der Waals surface area contributed by atoms with Crippen LogP contribution in [0.3, 0.4) is 0 Å². The number of fused-ring (bicyclic) bond motifs is 1. The average Bonchev–Trinajstić information content (AvgIpc) is 3.33. The highest BCUT2D eigenvalue weighted by Crippen LogP contribution is 2.32. The van der Waals surface area contributed by atoms with E-state index in [-0.39, 0.29) is 17.4 Å². The smallest absolute Gasteiger partial charge is 0.222 e. The fraction of sp³-hybridized carbons (Fsp3) is 0.480. The molecule has 0 aliphatic carbocycles. The molecule has 1 aromatic carbocycles. The van der Waals surface area contributed by atoms with Crippen molar-refractivity contribution in [2.24, 2.45) is 5.41 Å². The number of anilines is 1. The quantitative estimate of drug-likeness (QED) is 0.558. The number of benzene rings is 1. The number of hydrogen-bond acceptors (Lipinski definition) is 5. The number of nitrogens with one attached hydrogen (secondary N) is 1. The first-order valence-corrected chi connectivity index (χ1v) is 11.5. The van der Waals surface area contributed by atoms with Gasteiger partial charge in [-0.05, 0) is 37.3 Å². The zero-order valence-corrected chi connectivity index (χ0v) is 19.5. The molecule has 0 bridgehead atoms. The van der Waals surface area contributed by atoms with Gasteiger partial charge in [0.1, 0.15) is 11.6 Å². The van der Waals surface area contributed by atoms with Gasteiger partial charge in [-0.2, -0.15) is 5.10 Å². The van der Waals surface area contributed by atoms with Crippen molar-refractivity contribution in [3.05, 3.63) is 42.7 Å². The Kier molecular flexibility index (Phi) is 6.35. The van der Waals surface area contributed by atoms with E-state index in [0.29, 0.717) is 19.6 Å². The minimum Gasteiger partial charge on any atom is -0.493 e. The van der Waals surface area contributed by atoms with Crippen LogP contribution in [0, 0.1) is 5.41 Å². The summed E-state index contributed by atoms with van der Waals surface area (Å²) < 4.78 is 7.58. The number of hydrogen-bond donors (Lipinski definition) is 1. The summed E-state index contributed by atoms with van der Waals surface area (Å²) in [6.07, 6.45) is 6.25. The van der Waals surface area contributed by atoms with Crippen molar-refractivity contribution in [3.8, 4) is 16.9 Å². The summed E-state index contributed by atoms with van der Waals surface area (Å²) in [7, 11) is 0. The molecular weight excluding hydrogens is 402 g/mol. The standard InChI is InChI=1S/C25H33N5O2/c1-5-32-21-9-7-6-8-19(21)20-17-27-30-14-12-22(28-24(20)30)26-16-18-10-11-23(31)29(18)15-13-25(2,3)4/h6-9,12,14,17-18H,5,10-11,13,15-16H2,1-4H3,(H,26,28). The van der Waals surface area contributed by atoms with Crippen LogP contribution >= 0.6 is 0 Å². The normalized spacial score (nSPS) is 16.7. The summed E-state index contributed by atoms with van der Waals surface area (Å²) in [5, 5.41) is 7.92. The molecule has 1 aliphatic rings. The predicted molar refractivity (Wildman–Crippen MR) is 127 cm³/mol. The molecule has 1 atom stereocenters. The van der Waals surface area contributed by atoms with Crippen LogP contribution in [-0.4, -0.2) is 51.1 Å². The van der Waals surface area contributed by atoms with E-state index in [1.54, 1.807) is 4.52 Å². The molecule has 1 unspecified atom stereocenters. The molecule has 4 rings (SSSR count). The van der Waals surface area contributed by atoms with Crippen LogP contribution in [0.2, 0.25) is 0 Å². The van der Waals surface area contributed by atoms with Crippen molar-refractivity contribution in [2.75, 3.05) is 25.0 Å². The Bertz CT molecular complexity index is 1090. The van der Waals surface area contributed by atoms with Crippen LogP contribution < -0.4 is 10.1 Å². The highest BCUT2D eigenvalue weighted by atomic mass is 16.5. The Labute approximate surface area is 189 Å². The lowest BCUT2D eigenvalue weighted by molar-refractivity contribution is -0.129. The van der Waals surface area contributed by atoms with Gasteiger partial charge < -0.3 is 15.0 Å². The Morgan fingerprint density at radius 1 is 1.19 bits per heavy atom. The van der Waals surface area contributed by atoms with Crippen molar-refractivity contribution in [1.29, 1.82) is 0 Å². The summed E-state index contributed by atoms with van der Waals surface area (Å²) in [6.45, 7) is 10.7. The molecule has 3 heterocycles. The number of ether oxygens (including phenoxy) is 1. The fourth-order valence-corrected chi connectivity index (χ4v) is 4.12. The van der Waals surface area contributed by atoms with Gasteiger partial charge in [-0.3, -0.25) is 4.79 Å². The molecular formula is C25H33N5O2. The van der Waals surface area contributed by atoms with Gasteiger partial charge in [0.15, 0.2) is 5.65 Å². The van der Waals surface area contributed by atoms with Gasteiger partial charge in [-0.1, -0.05) is 39.0 Å². The van der Waals surface area contributed by atoms with Gasteiger partial charge in [0.2, 0.25) is 5.91 Å². The molecule has 1 saturated heterocycles. The van der Waals surface area contributed by atoms with E-state index in [2.05, 4.69) is 31.2 Å². The number of rotatable bonds is 8. The maximum atomic E-state index is 12.4. The largest absolute Gasteiger partial charge is 0.493 e. The number of carbonyl (C=O) groups is 1. The van der Waals surface area contributed by atoms with E-state index in [9.17, 15) is 4.79 Å². The van der Waals surface area contributed by atoms with E-state index in [4.69, 9.17) is 9.72 Å². The van der Waals surface area contributed by atoms with Crippen molar-refractivity contribution in [3.63, 3.8) is 0 Å². The van der Waals surface area contributed by atoms with E-state index < -0.39 is 0 Å². The molecule has 1 amide bonds. The Morgan fingerprint density at radius 2 is 2.00 bits per heavy atom. The van der Waals surface area contributed by atoms with Gasteiger partial charge in [-0.15, -0.1) is 0 Å². The van der Waals surface area contributed by atoms with Crippen LogP contribution in [0.15, 0.2) is 42.7 Å². The van der Waals surface area contributed by atoms with Crippen LogP contribution in [0.25, 0.3) is 16.8 Å². The number of amides is 1. The number of para-hydroxylation sites is 1.